The quantitative estimate of drug-likeness (QED) is 0.184. The van der Waals surface area contributed by atoms with Gasteiger partial charge < -0.3 is 0 Å². The van der Waals surface area contributed by atoms with Crippen molar-refractivity contribution in [1.29, 1.82) is 0 Å². The molecule has 0 aliphatic heterocycles. The van der Waals surface area contributed by atoms with Crippen molar-refractivity contribution in [2.24, 2.45) is 0 Å². The molecule has 0 saturated heterocycles. The lowest BCUT2D eigenvalue weighted by atomic mass is 10.0. The Morgan fingerprint density at radius 1 is 0.511 bits per heavy atom. The first kappa shape index (κ1) is 30.0. The molecule has 7 nitrogen and oxygen atoms in total. The minimum absolute atomic E-state index is 0.0269. The Hall–Kier alpha value is -5.02. The van der Waals surface area contributed by atoms with Gasteiger partial charge >= 0.3 is 18.5 Å². The van der Waals surface area contributed by atoms with Gasteiger partial charge in [-0.2, -0.15) is 39.5 Å². The lowest BCUT2D eigenvalue weighted by molar-refractivity contribution is -0.146. The summed E-state index contributed by atoms with van der Waals surface area (Å²) in [6.45, 7) is 0. The Morgan fingerprint density at radius 3 is 1.40 bits per heavy atom. The zero-order valence-corrected chi connectivity index (χ0v) is 22.5. The van der Waals surface area contributed by atoms with Gasteiger partial charge in [-0.1, -0.05) is 30.3 Å². The SMILES string of the molecule is FC(F)(F)c1ccc(-c2ccc3nnc(C(F)(F)F)n3c2)cn1.FC(F)(F)c1nnc2ccc(-c3ccc(C4CC4)cc3)cn12. The summed E-state index contributed by atoms with van der Waals surface area (Å²) in [5.41, 5.74) is 2.46. The van der Waals surface area contributed by atoms with E-state index in [4.69, 9.17) is 0 Å². The van der Waals surface area contributed by atoms with E-state index in [9.17, 15) is 39.5 Å². The van der Waals surface area contributed by atoms with Crippen LogP contribution in [0.3, 0.4) is 0 Å². The van der Waals surface area contributed by atoms with Crippen molar-refractivity contribution in [1.82, 2.24) is 34.2 Å². The van der Waals surface area contributed by atoms with Gasteiger partial charge in [-0.05, 0) is 65.8 Å². The molecule has 232 valence electrons. The smallest absolute Gasteiger partial charge is 0.278 e. The van der Waals surface area contributed by atoms with Crippen LogP contribution in [-0.4, -0.2) is 34.2 Å². The summed E-state index contributed by atoms with van der Waals surface area (Å²) in [7, 11) is 0. The molecule has 45 heavy (non-hydrogen) atoms. The van der Waals surface area contributed by atoms with Crippen LogP contribution >= 0.6 is 0 Å². The zero-order valence-electron chi connectivity index (χ0n) is 22.5. The first-order valence-electron chi connectivity index (χ1n) is 13.2. The lowest BCUT2D eigenvalue weighted by Gasteiger charge is -2.08. The number of hydrogen-bond donors (Lipinski definition) is 0. The van der Waals surface area contributed by atoms with Crippen LogP contribution in [0.25, 0.3) is 33.5 Å². The van der Waals surface area contributed by atoms with E-state index in [1.807, 2.05) is 24.3 Å². The molecule has 6 aromatic rings. The predicted octanol–water partition coefficient (Wildman–Crippen LogP) is 8.12. The van der Waals surface area contributed by atoms with Crippen LogP contribution in [0.5, 0.6) is 0 Å². The summed E-state index contributed by atoms with van der Waals surface area (Å²) >= 11 is 0. The fraction of sp³-hybridized carbons (Fsp3) is 0.207. The Bertz CT molecular complexity index is 1970. The number of benzene rings is 1. The number of alkyl halides is 9. The monoisotopic (exact) mass is 635 g/mol. The summed E-state index contributed by atoms with van der Waals surface area (Å²) in [4.78, 5) is 3.28. The largest absolute Gasteiger partial charge is 0.452 e. The Kier molecular flexibility index (Phi) is 7.24. The zero-order chi connectivity index (χ0) is 32.1. The second kappa shape index (κ2) is 10.9. The van der Waals surface area contributed by atoms with Gasteiger partial charge in [-0.25, -0.2) is 0 Å². The van der Waals surface area contributed by atoms with Crippen LogP contribution < -0.4 is 0 Å². The highest BCUT2D eigenvalue weighted by atomic mass is 19.4. The summed E-state index contributed by atoms with van der Waals surface area (Å²) in [5.74, 6) is -1.56. The highest BCUT2D eigenvalue weighted by Gasteiger charge is 2.38. The molecule has 0 N–H and O–H groups in total. The van der Waals surface area contributed by atoms with Gasteiger partial charge in [0.05, 0.1) is 0 Å². The number of aromatic nitrogens is 7. The normalized spacial score (nSPS) is 14.1. The van der Waals surface area contributed by atoms with Gasteiger partial charge in [-0.3, -0.25) is 13.8 Å². The van der Waals surface area contributed by atoms with Gasteiger partial charge in [0.25, 0.3) is 0 Å². The molecular formula is C29H18F9N7. The van der Waals surface area contributed by atoms with E-state index in [0.29, 0.717) is 11.5 Å². The molecule has 5 heterocycles. The van der Waals surface area contributed by atoms with Crippen LogP contribution in [0.4, 0.5) is 39.5 Å². The predicted molar refractivity (Wildman–Crippen MR) is 142 cm³/mol. The highest BCUT2D eigenvalue weighted by molar-refractivity contribution is 5.65. The van der Waals surface area contributed by atoms with Gasteiger partial charge in [0, 0.05) is 29.7 Å². The van der Waals surface area contributed by atoms with Crippen molar-refractivity contribution in [3.05, 3.63) is 102 Å². The topological polar surface area (TPSA) is 73.3 Å². The summed E-state index contributed by atoms with van der Waals surface area (Å²) in [6, 6.07) is 15.9. The first-order chi connectivity index (χ1) is 21.2. The van der Waals surface area contributed by atoms with Crippen molar-refractivity contribution in [3.63, 3.8) is 0 Å². The number of pyridine rings is 3. The van der Waals surface area contributed by atoms with E-state index < -0.39 is 35.9 Å². The number of halogens is 9. The molecule has 0 atom stereocenters. The van der Waals surface area contributed by atoms with E-state index in [1.165, 1.54) is 36.7 Å². The average Bonchev–Trinajstić information content (AvgIpc) is 3.59. The number of fused-ring (bicyclic) bond motifs is 2. The molecule has 0 radical (unpaired) electrons. The molecule has 7 rings (SSSR count). The van der Waals surface area contributed by atoms with Crippen LogP contribution in [0.2, 0.25) is 0 Å². The van der Waals surface area contributed by atoms with Gasteiger partial charge in [0.2, 0.25) is 11.6 Å². The standard InChI is InChI=1S/C16H12F3N3.C13H6F6N4/c17-16(18,19)15-21-20-14-8-7-13(9-22(14)15)12-5-3-11(4-6-12)10-1-2-10;14-12(15,16)9-3-1-7(5-20-9)8-2-4-10-21-22-11(13(17,18)19)23(10)6-8/h3-10H,1-2H2;1-6H. The third kappa shape index (κ3) is 6.30. The van der Waals surface area contributed by atoms with Crippen molar-refractivity contribution in [3.8, 4) is 22.3 Å². The second-order valence-corrected chi connectivity index (χ2v) is 10.2. The van der Waals surface area contributed by atoms with Crippen molar-refractivity contribution in [2.45, 2.75) is 37.3 Å². The lowest BCUT2D eigenvalue weighted by Crippen LogP contribution is -2.10. The molecular weight excluding hydrogens is 617 g/mol. The Balaban J connectivity index is 0.000000159. The second-order valence-electron chi connectivity index (χ2n) is 10.2. The molecule has 0 bridgehead atoms. The van der Waals surface area contributed by atoms with Crippen LogP contribution in [0.15, 0.2) is 79.3 Å². The minimum atomic E-state index is -4.70. The number of rotatable bonds is 3. The molecule has 1 fully saturated rings. The maximum Gasteiger partial charge on any atom is 0.452 e. The van der Waals surface area contributed by atoms with Crippen LogP contribution in [0, 0.1) is 0 Å². The van der Waals surface area contributed by atoms with Crippen LogP contribution in [-0.2, 0) is 18.5 Å². The van der Waals surface area contributed by atoms with E-state index in [0.717, 1.165) is 38.9 Å². The molecule has 1 aliphatic carbocycles. The fourth-order valence-corrected chi connectivity index (χ4v) is 4.61. The van der Waals surface area contributed by atoms with Crippen molar-refractivity contribution in [2.75, 3.05) is 0 Å². The van der Waals surface area contributed by atoms with E-state index in [1.54, 1.807) is 12.1 Å². The Morgan fingerprint density at radius 2 is 0.978 bits per heavy atom. The van der Waals surface area contributed by atoms with Gasteiger partial charge in [0.15, 0.2) is 11.3 Å². The van der Waals surface area contributed by atoms with Gasteiger partial charge in [-0.15, -0.1) is 20.4 Å². The maximum absolute atomic E-state index is 12.9. The van der Waals surface area contributed by atoms with E-state index in [-0.39, 0.29) is 22.4 Å². The third-order valence-electron chi connectivity index (χ3n) is 6.99. The summed E-state index contributed by atoms with van der Waals surface area (Å²) in [6.07, 6.45) is -7.87. The molecule has 0 amide bonds. The van der Waals surface area contributed by atoms with Crippen molar-refractivity contribution < 1.29 is 39.5 Å². The number of nitrogens with zero attached hydrogens (tertiary/aromatic N) is 7. The van der Waals surface area contributed by atoms with Crippen molar-refractivity contribution >= 4 is 11.3 Å². The van der Waals surface area contributed by atoms with Gasteiger partial charge in [0.1, 0.15) is 5.69 Å². The highest BCUT2D eigenvalue weighted by Crippen LogP contribution is 2.40. The molecule has 1 aromatic carbocycles. The fourth-order valence-electron chi connectivity index (χ4n) is 4.61. The summed E-state index contributed by atoms with van der Waals surface area (Å²) < 4.78 is 116. The Labute approximate surface area is 247 Å². The molecule has 0 unspecified atom stereocenters. The van der Waals surface area contributed by atoms with E-state index in [2.05, 4.69) is 25.4 Å². The van der Waals surface area contributed by atoms with Crippen LogP contribution in [0.1, 0.15) is 41.7 Å². The summed E-state index contributed by atoms with van der Waals surface area (Å²) in [5, 5.41) is 13.3. The third-order valence-corrected chi connectivity index (χ3v) is 6.99. The molecule has 5 aromatic heterocycles. The molecule has 0 spiro atoms. The average molecular weight is 635 g/mol. The number of hydrogen-bond acceptors (Lipinski definition) is 5. The van der Waals surface area contributed by atoms with E-state index >= 15 is 0 Å². The minimum Gasteiger partial charge on any atom is -0.278 e. The maximum atomic E-state index is 12.9. The molecule has 16 heteroatoms. The molecule has 1 aliphatic rings. The first-order valence-corrected chi connectivity index (χ1v) is 13.2. The molecule has 1 saturated carbocycles.